The maximum atomic E-state index is 14.3. The third kappa shape index (κ3) is 6.31. The van der Waals surface area contributed by atoms with Gasteiger partial charge in [-0.2, -0.15) is 0 Å². The van der Waals surface area contributed by atoms with Crippen LogP contribution >= 0.6 is 23.2 Å². The van der Waals surface area contributed by atoms with E-state index in [9.17, 15) is 19.7 Å². The smallest absolute Gasteiger partial charge is 0.269 e. The average molecular weight is 620 g/mol. The number of hydrogen-bond acceptors (Lipinski definition) is 5. The van der Waals surface area contributed by atoms with E-state index in [1.165, 1.54) is 12.1 Å². The van der Waals surface area contributed by atoms with Crippen molar-refractivity contribution in [1.82, 2.24) is 4.90 Å². The summed E-state index contributed by atoms with van der Waals surface area (Å²) in [5.74, 6) is -1.80. The number of rotatable bonds is 7. The van der Waals surface area contributed by atoms with E-state index < -0.39 is 22.7 Å². The molecule has 0 unspecified atom stereocenters. The Morgan fingerprint density at radius 3 is 1.79 bits per heavy atom. The molecule has 0 spiro atoms. The van der Waals surface area contributed by atoms with E-state index in [4.69, 9.17) is 23.2 Å². The summed E-state index contributed by atoms with van der Waals surface area (Å²) in [6.45, 7) is 3.76. The van der Waals surface area contributed by atoms with E-state index in [-0.39, 0.29) is 11.7 Å². The SMILES string of the molecule is CC1=C(C(=O)Nc2ccccc2Cl)C(c2cccc([N+](=O)[O-])c2)C(C(=O)Nc2ccccc2Cl)=C(C)N1C1CCCCC1. The van der Waals surface area contributed by atoms with E-state index in [1.807, 2.05) is 13.8 Å². The number of carbonyl (C=O) groups is 2. The van der Waals surface area contributed by atoms with Crippen molar-refractivity contribution in [1.29, 1.82) is 0 Å². The summed E-state index contributed by atoms with van der Waals surface area (Å²) in [6.07, 6.45) is 5.03. The molecule has 0 saturated heterocycles. The zero-order valence-corrected chi connectivity index (χ0v) is 25.4. The lowest BCUT2D eigenvalue weighted by Gasteiger charge is -2.44. The van der Waals surface area contributed by atoms with Crippen LogP contribution in [0.1, 0.15) is 57.4 Å². The van der Waals surface area contributed by atoms with Crippen LogP contribution < -0.4 is 10.6 Å². The molecule has 222 valence electrons. The van der Waals surface area contributed by atoms with Gasteiger partial charge in [0.2, 0.25) is 0 Å². The fourth-order valence-electron chi connectivity index (χ4n) is 6.21. The number of nitrogens with zero attached hydrogens (tertiary/aromatic N) is 2. The van der Waals surface area contributed by atoms with Gasteiger partial charge in [0.05, 0.1) is 26.3 Å². The van der Waals surface area contributed by atoms with Crippen LogP contribution in [0.4, 0.5) is 17.1 Å². The first kappa shape index (κ1) is 30.3. The number of nitro groups is 1. The highest BCUT2D eigenvalue weighted by Gasteiger charge is 2.41. The molecular weight excluding hydrogens is 587 g/mol. The van der Waals surface area contributed by atoms with Crippen LogP contribution in [0.5, 0.6) is 0 Å². The van der Waals surface area contributed by atoms with Crippen molar-refractivity contribution in [3.8, 4) is 0 Å². The molecular formula is C33H32Cl2N4O4. The number of non-ortho nitro benzene ring substituents is 1. The largest absolute Gasteiger partial charge is 0.345 e. The lowest BCUT2D eigenvalue weighted by molar-refractivity contribution is -0.384. The summed E-state index contributed by atoms with van der Waals surface area (Å²) < 4.78 is 0. The Hall–Kier alpha value is -4.14. The standard InChI is InChI=1S/C33H32Cl2N4O4/c1-20-29(32(40)36-27-17-8-6-15-25(27)34)31(22-11-10-14-24(19-22)39(42)43)30(21(2)38(20)23-12-4-3-5-13-23)33(41)37-28-18-9-7-16-26(28)35/h6-11,14-19,23,31H,3-5,12-13H2,1-2H3,(H,36,40)(H,37,41). The molecule has 1 aliphatic heterocycles. The van der Waals surface area contributed by atoms with Gasteiger partial charge >= 0.3 is 0 Å². The van der Waals surface area contributed by atoms with Crippen LogP contribution in [0.25, 0.3) is 0 Å². The van der Waals surface area contributed by atoms with Gasteiger partial charge in [0.1, 0.15) is 0 Å². The van der Waals surface area contributed by atoms with Gasteiger partial charge in [0.15, 0.2) is 0 Å². The van der Waals surface area contributed by atoms with Gasteiger partial charge in [-0.15, -0.1) is 0 Å². The Bertz CT molecular complexity index is 1560. The van der Waals surface area contributed by atoms with Crippen molar-refractivity contribution in [2.24, 2.45) is 0 Å². The van der Waals surface area contributed by atoms with E-state index in [2.05, 4.69) is 15.5 Å². The van der Waals surface area contributed by atoms with E-state index in [0.29, 0.717) is 49.5 Å². The van der Waals surface area contributed by atoms with E-state index in [0.717, 1.165) is 32.1 Å². The molecule has 1 heterocycles. The minimum absolute atomic E-state index is 0.0889. The Labute approximate surface area is 260 Å². The zero-order chi connectivity index (χ0) is 30.7. The van der Waals surface area contributed by atoms with Crippen molar-refractivity contribution in [3.63, 3.8) is 0 Å². The van der Waals surface area contributed by atoms with Crippen LogP contribution in [-0.4, -0.2) is 27.7 Å². The van der Waals surface area contributed by atoms with Gasteiger partial charge in [-0.05, 0) is 56.5 Å². The van der Waals surface area contributed by atoms with Crippen molar-refractivity contribution in [2.75, 3.05) is 10.6 Å². The Morgan fingerprint density at radius 1 is 0.791 bits per heavy atom. The third-order valence-corrected chi connectivity index (χ3v) is 8.83. The molecule has 2 N–H and O–H groups in total. The number of para-hydroxylation sites is 2. The first-order chi connectivity index (χ1) is 20.7. The molecule has 10 heteroatoms. The predicted octanol–water partition coefficient (Wildman–Crippen LogP) is 8.46. The number of allylic oxidation sites excluding steroid dienone is 2. The fourth-order valence-corrected chi connectivity index (χ4v) is 6.57. The molecule has 43 heavy (non-hydrogen) atoms. The van der Waals surface area contributed by atoms with Crippen LogP contribution in [0, 0.1) is 10.1 Å². The molecule has 0 radical (unpaired) electrons. The molecule has 0 bridgehead atoms. The number of hydrogen-bond donors (Lipinski definition) is 2. The second kappa shape index (κ2) is 13.0. The summed E-state index contributed by atoms with van der Waals surface area (Å²) in [5, 5.41) is 18.4. The molecule has 0 atom stereocenters. The number of nitro benzene ring substituents is 1. The lowest BCUT2D eigenvalue weighted by Crippen LogP contribution is -2.42. The molecule has 1 aliphatic carbocycles. The van der Waals surface area contributed by atoms with Crippen LogP contribution in [-0.2, 0) is 9.59 Å². The van der Waals surface area contributed by atoms with Crippen molar-refractivity contribution >= 4 is 52.1 Å². The lowest BCUT2D eigenvalue weighted by atomic mass is 9.77. The van der Waals surface area contributed by atoms with Crippen molar-refractivity contribution < 1.29 is 14.5 Å². The molecule has 5 rings (SSSR count). The quantitative estimate of drug-likeness (QED) is 0.204. The topological polar surface area (TPSA) is 105 Å². The summed E-state index contributed by atoms with van der Waals surface area (Å²) in [6, 6.07) is 20.0. The highest BCUT2D eigenvalue weighted by molar-refractivity contribution is 6.34. The number of benzene rings is 3. The number of anilines is 2. The van der Waals surface area contributed by atoms with Crippen LogP contribution in [0.2, 0.25) is 10.0 Å². The van der Waals surface area contributed by atoms with Crippen LogP contribution in [0.3, 0.4) is 0 Å². The Morgan fingerprint density at radius 2 is 1.30 bits per heavy atom. The molecule has 8 nitrogen and oxygen atoms in total. The number of nitrogens with one attached hydrogen (secondary N) is 2. The molecule has 3 aromatic rings. The highest BCUT2D eigenvalue weighted by Crippen LogP contribution is 2.46. The normalized spacial score (nSPS) is 16.3. The van der Waals surface area contributed by atoms with Gasteiger partial charge in [0.25, 0.3) is 17.5 Å². The predicted molar refractivity (Wildman–Crippen MR) is 170 cm³/mol. The maximum Gasteiger partial charge on any atom is 0.269 e. The van der Waals surface area contributed by atoms with Gasteiger partial charge in [0, 0.05) is 46.6 Å². The van der Waals surface area contributed by atoms with Crippen molar-refractivity contribution in [2.45, 2.75) is 57.9 Å². The average Bonchev–Trinajstić information content (AvgIpc) is 2.99. The molecule has 2 amide bonds. The highest BCUT2D eigenvalue weighted by atomic mass is 35.5. The summed E-state index contributed by atoms with van der Waals surface area (Å²) in [5.41, 5.74) is 3.18. The van der Waals surface area contributed by atoms with E-state index >= 15 is 0 Å². The Kier molecular flexibility index (Phi) is 9.18. The second-order valence-electron chi connectivity index (χ2n) is 10.8. The summed E-state index contributed by atoms with van der Waals surface area (Å²) in [4.78, 5) is 42.0. The van der Waals surface area contributed by atoms with Gasteiger partial charge in [-0.3, -0.25) is 19.7 Å². The second-order valence-corrected chi connectivity index (χ2v) is 11.6. The molecule has 1 saturated carbocycles. The third-order valence-electron chi connectivity index (χ3n) is 8.17. The summed E-state index contributed by atoms with van der Waals surface area (Å²) in [7, 11) is 0. The fraction of sp³-hybridized carbons (Fsp3) is 0.273. The monoisotopic (exact) mass is 618 g/mol. The van der Waals surface area contributed by atoms with Gasteiger partial charge in [-0.25, -0.2) is 0 Å². The minimum Gasteiger partial charge on any atom is -0.345 e. The number of carbonyl (C=O) groups excluding carboxylic acids is 2. The van der Waals surface area contributed by atoms with Gasteiger partial charge < -0.3 is 15.5 Å². The number of amides is 2. The Balaban J connectivity index is 1.71. The molecule has 0 aromatic heterocycles. The maximum absolute atomic E-state index is 14.3. The molecule has 3 aromatic carbocycles. The molecule has 1 fully saturated rings. The van der Waals surface area contributed by atoms with Crippen molar-refractivity contribution in [3.05, 3.63) is 121 Å². The van der Waals surface area contributed by atoms with E-state index in [1.54, 1.807) is 60.7 Å². The summed E-state index contributed by atoms with van der Waals surface area (Å²) >= 11 is 12.8. The first-order valence-corrected chi connectivity index (χ1v) is 15.0. The number of halogens is 2. The first-order valence-electron chi connectivity index (χ1n) is 14.2. The molecule has 2 aliphatic rings. The van der Waals surface area contributed by atoms with Gasteiger partial charge in [-0.1, -0.05) is 78.9 Å². The minimum atomic E-state index is -0.912. The zero-order valence-electron chi connectivity index (χ0n) is 23.9. The van der Waals surface area contributed by atoms with Crippen LogP contribution in [0.15, 0.2) is 95.3 Å².